The summed E-state index contributed by atoms with van der Waals surface area (Å²) in [6.45, 7) is 4.31. The number of piperazine rings is 1. The van der Waals surface area contributed by atoms with Crippen LogP contribution in [-0.2, 0) is 16.6 Å². The molecule has 1 saturated heterocycles. The van der Waals surface area contributed by atoms with E-state index in [0.717, 1.165) is 61.2 Å². The molecule has 1 fully saturated rings. The molecule has 0 saturated carbocycles. The van der Waals surface area contributed by atoms with Gasteiger partial charge < -0.3 is 10.0 Å². The molecule has 3 aromatic carbocycles. The summed E-state index contributed by atoms with van der Waals surface area (Å²) in [4.78, 5) is 20.9. The fourth-order valence-corrected chi connectivity index (χ4v) is 5.24. The van der Waals surface area contributed by atoms with E-state index < -0.39 is 15.9 Å². The minimum absolute atomic E-state index is 0.148. The molecular formula is C28H28N4O4S. The third-order valence-corrected chi connectivity index (χ3v) is 7.14. The number of hydrogen-bond donors (Lipinski definition) is 2. The van der Waals surface area contributed by atoms with Crippen LogP contribution in [0.3, 0.4) is 0 Å². The Morgan fingerprint density at radius 1 is 0.946 bits per heavy atom. The number of aromatic nitrogens is 1. The minimum atomic E-state index is -3.59. The maximum absolute atomic E-state index is 12.0. The van der Waals surface area contributed by atoms with E-state index in [9.17, 15) is 18.3 Å². The summed E-state index contributed by atoms with van der Waals surface area (Å²) in [6.07, 6.45) is 4.16. The van der Waals surface area contributed by atoms with Crippen LogP contribution in [-0.4, -0.2) is 61.8 Å². The maximum atomic E-state index is 12.0. The van der Waals surface area contributed by atoms with Crippen LogP contribution in [0.15, 0.2) is 79.1 Å². The van der Waals surface area contributed by atoms with Crippen LogP contribution < -0.4 is 9.62 Å². The van der Waals surface area contributed by atoms with E-state index in [1.807, 2.05) is 29.0 Å². The maximum Gasteiger partial charge on any atom is 0.264 e. The second-order valence-corrected chi connectivity index (χ2v) is 11.0. The van der Waals surface area contributed by atoms with Gasteiger partial charge in [-0.25, -0.2) is 13.1 Å². The summed E-state index contributed by atoms with van der Waals surface area (Å²) in [5.41, 5.74) is 4.49. The lowest BCUT2D eigenvalue weighted by atomic mass is 9.95. The van der Waals surface area contributed by atoms with Gasteiger partial charge in [-0.3, -0.25) is 14.7 Å². The molecule has 1 aliphatic heterocycles. The van der Waals surface area contributed by atoms with Crippen LogP contribution in [0.2, 0.25) is 0 Å². The van der Waals surface area contributed by atoms with Gasteiger partial charge >= 0.3 is 0 Å². The number of amides is 1. The van der Waals surface area contributed by atoms with Crippen molar-refractivity contribution < 1.29 is 18.3 Å². The fourth-order valence-electron chi connectivity index (χ4n) is 4.78. The highest BCUT2D eigenvalue weighted by atomic mass is 32.2. The molecule has 190 valence electrons. The first-order valence-electron chi connectivity index (χ1n) is 12.0. The first-order chi connectivity index (χ1) is 17.8. The largest absolute Gasteiger partial charge is 0.506 e. The van der Waals surface area contributed by atoms with Gasteiger partial charge in [-0.05, 0) is 52.2 Å². The van der Waals surface area contributed by atoms with Gasteiger partial charge in [0.05, 0.1) is 12.5 Å². The number of carbonyl (C=O) groups is 1. The molecule has 5 rings (SSSR count). The molecule has 0 aliphatic carbocycles. The molecule has 0 bridgehead atoms. The molecule has 4 aromatic rings. The van der Waals surface area contributed by atoms with Gasteiger partial charge in [0.2, 0.25) is 10.0 Å². The molecule has 2 heterocycles. The zero-order valence-electron chi connectivity index (χ0n) is 20.5. The Labute approximate surface area is 216 Å². The van der Waals surface area contributed by atoms with E-state index in [4.69, 9.17) is 0 Å². The minimum Gasteiger partial charge on any atom is -0.506 e. The Hall–Kier alpha value is -3.95. The molecule has 1 aromatic heterocycles. The SMILES string of the molecule is CS(=O)(=O)NC(=O)c1ccc(N2CCN(Cc3ccc(-c4cncc(O)c4)c4ccccc34)CC2)cc1. The number of pyridine rings is 1. The number of rotatable bonds is 6. The highest BCUT2D eigenvalue weighted by Gasteiger charge is 2.19. The predicted octanol–water partition coefficient (Wildman–Crippen LogP) is 3.62. The third kappa shape index (κ3) is 5.73. The van der Waals surface area contributed by atoms with Gasteiger partial charge in [0.1, 0.15) is 5.75 Å². The Morgan fingerprint density at radius 3 is 2.32 bits per heavy atom. The Bertz CT molecular complexity index is 1550. The quantitative estimate of drug-likeness (QED) is 0.404. The molecule has 37 heavy (non-hydrogen) atoms. The van der Waals surface area contributed by atoms with Gasteiger partial charge in [-0.2, -0.15) is 0 Å². The highest BCUT2D eigenvalue weighted by molar-refractivity contribution is 7.89. The van der Waals surface area contributed by atoms with Crippen LogP contribution in [0.4, 0.5) is 5.69 Å². The van der Waals surface area contributed by atoms with Gasteiger partial charge in [-0.15, -0.1) is 0 Å². The lowest BCUT2D eigenvalue weighted by molar-refractivity contribution is 0.0981. The van der Waals surface area contributed by atoms with Crippen LogP contribution in [0.25, 0.3) is 21.9 Å². The van der Waals surface area contributed by atoms with Crippen molar-refractivity contribution >= 4 is 32.4 Å². The van der Waals surface area contributed by atoms with Crippen molar-refractivity contribution in [3.05, 3.63) is 90.3 Å². The lowest BCUT2D eigenvalue weighted by Crippen LogP contribution is -2.46. The normalized spacial score (nSPS) is 14.6. The average molecular weight is 517 g/mol. The number of aromatic hydroxyl groups is 1. The highest BCUT2D eigenvalue weighted by Crippen LogP contribution is 2.32. The third-order valence-electron chi connectivity index (χ3n) is 6.59. The molecular weight excluding hydrogens is 488 g/mol. The fraction of sp³-hybridized carbons (Fsp3) is 0.214. The average Bonchev–Trinajstić information content (AvgIpc) is 2.88. The van der Waals surface area contributed by atoms with Crippen molar-refractivity contribution in [2.75, 3.05) is 37.3 Å². The molecule has 0 atom stereocenters. The zero-order chi connectivity index (χ0) is 26.0. The first-order valence-corrected chi connectivity index (χ1v) is 13.9. The molecule has 1 aliphatic rings. The molecule has 1 amide bonds. The van der Waals surface area contributed by atoms with E-state index >= 15 is 0 Å². The van der Waals surface area contributed by atoms with Crippen molar-refractivity contribution in [1.29, 1.82) is 0 Å². The lowest BCUT2D eigenvalue weighted by Gasteiger charge is -2.36. The second-order valence-electron chi connectivity index (χ2n) is 9.26. The number of anilines is 1. The monoisotopic (exact) mass is 516 g/mol. The van der Waals surface area contributed by atoms with Gasteiger partial charge in [0.15, 0.2) is 0 Å². The number of benzene rings is 3. The summed E-state index contributed by atoms with van der Waals surface area (Å²) >= 11 is 0. The molecule has 8 nitrogen and oxygen atoms in total. The Balaban J connectivity index is 1.26. The second kappa shape index (κ2) is 10.2. The van der Waals surface area contributed by atoms with E-state index in [0.29, 0.717) is 5.56 Å². The Kier molecular flexibility index (Phi) is 6.82. The smallest absolute Gasteiger partial charge is 0.264 e. The molecule has 0 radical (unpaired) electrons. The predicted molar refractivity (Wildman–Crippen MR) is 145 cm³/mol. The standard InChI is InChI=1S/C28H28N4O4S/c1-37(35,36)30-28(34)20-6-9-23(10-7-20)32-14-12-31(13-15-32)19-21-8-11-26(22-16-24(33)18-29-17-22)27-5-3-2-4-25(21)27/h2-11,16-18,33H,12-15,19H2,1H3,(H,30,34). The number of nitrogens with one attached hydrogen (secondary N) is 1. The number of nitrogens with zero attached hydrogens (tertiary/aromatic N) is 3. The molecule has 9 heteroatoms. The molecule has 0 spiro atoms. The van der Waals surface area contributed by atoms with Crippen LogP contribution in [0.1, 0.15) is 15.9 Å². The number of hydrogen-bond acceptors (Lipinski definition) is 7. The first kappa shape index (κ1) is 24.7. The topological polar surface area (TPSA) is 103 Å². The van der Waals surface area contributed by atoms with Gasteiger partial charge in [0.25, 0.3) is 5.91 Å². The molecule has 0 unspecified atom stereocenters. The van der Waals surface area contributed by atoms with Gasteiger partial charge in [0, 0.05) is 55.7 Å². The summed E-state index contributed by atoms with van der Waals surface area (Å²) in [7, 11) is -3.59. The number of carbonyl (C=O) groups excluding carboxylic acids is 1. The van der Waals surface area contributed by atoms with Crippen LogP contribution in [0.5, 0.6) is 5.75 Å². The Morgan fingerprint density at radius 2 is 1.65 bits per heavy atom. The van der Waals surface area contributed by atoms with Crippen LogP contribution in [0, 0.1) is 0 Å². The van der Waals surface area contributed by atoms with Crippen molar-refractivity contribution in [1.82, 2.24) is 14.6 Å². The van der Waals surface area contributed by atoms with Crippen molar-refractivity contribution in [3.63, 3.8) is 0 Å². The summed E-state index contributed by atoms with van der Waals surface area (Å²) in [5, 5.41) is 12.2. The summed E-state index contributed by atoms with van der Waals surface area (Å²) in [5.74, 6) is -0.479. The number of sulfonamides is 1. The van der Waals surface area contributed by atoms with Gasteiger partial charge in [-0.1, -0.05) is 36.4 Å². The van der Waals surface area contributed by atoms with Crippen molar-refractivity contribution in [3.8, 4) is 16.9 Å². The van der Waals surface area contributed by atoms with Crippen molar-refractivity contribution in [2.45, 2.75) is 6.54 Å². The van der Waals surface area contributed by atoms with E-state index in [1.54, 1.807) is 24.4 Å². The molecule has 2 N–H and O–H groups in total. The van der Waals surface area contributed by atoms with E-state index in [1.165, 1.54) is 17.1 Å². The van der Waals surface area contributed by atoms with E-state index in [-0.39, 0.29) is 5.75 Å². The van der Waals surface area contributed by atoms with Crippen molar-refractivity contribution in [2.24, 2.45) is 0 Å². The summed E-state index contributed by atoms with van der Waals surface area (Å²) in [6, 6.07) is 21.3. The van der Waals surface area contributed by atoms with Crippen LogP contribution >= 0.6 is 0 Å². The van der Waals surface area contributed by atoms with E-state index in [2.05, 4.69) is 39.0 Å². The number of fused-ring (bicyclic) bond motifs is 1. The summed E-state index contributed by atoms with van der Waals surface area (Å²) < 4.78 is 24.6. The zero-order valence-corrected chi connectivity index (χ0v) is 21.3.